The maximum Gasteiger partial charge on any atom is 0.317 e. The van der Waals surface area contributed by atoms with Crippen LogP contribution in [0.2, 0.25) is 0 Å². The molecule has 0 unspecified atom stereocenters. The monoisotopic (exact) mass is 242 g/mol. The zero-order chi connectivity index (χ0) is 13.1. The van der Waals surface area contributed by atoms with Gasteiger partial charge >= 0.3 is 12.0 Å². The van der Waals surface area contributed by atoms with Crippen molar-refractivity contribution >= 4 is 12.0 Å². The van der Waals surface area contributed by atoms with E-state index in [2.05, 4.69) is 5.32 Å². The van der Waals surface area contributed by atoms with Crippen LogP contribution in [0.4, 0.5) is 4.79 Å². The first kappa shape index (κ1) is 13.8. The molecule has 0 aromatic rings. The average molecular weight is 242 g/mol. The van der Waals surface area contributed by atoms with E-state index in [9.17, 15) is 9.59 Å². The largest absolute Gasteiger partial charge is 0.481 e. The summed E-state index contributed by atoms with van der Waals surface area (Å²) in [5, 5.41) is 11.8. The maximum atomic E-state index is 11.7. The van der Waals surface area contributed by atoms with Crippen molar-refractivity contribution < 1.29 is 14.7 Å². The lowest BCUT2D eigenvalue weighted by molar-refractivity contribution is -0.153. The minimum absolute atomic E-state index is 0.189. The van der Waals surface area contributed by atoms with Gasteiger partial charge in [0.2, 0.25) is 0 Å². The van der Waals surface area contributed by atoms with E-state index >= 15 is 0 Å². The van der Waals surface area contributed by atoms with Crippen LogP contribution in [0.1, 0.15) is 33.1 Å². The molecule has 1 saturated carbocycles. The zero-order valence-corrected chi connectivity index (χ0v) is 10.8. The number of hydrogen-bond donors (Lipinski definition) is 2. The summed E-state index contributed by atoms with van der Waals surface area (Å²) >= 11 is 0. The van der Waals surface area contributed by atoms with E-state index in [1.165, 1.54) is 0 Å². The molecule has 0 bridgehead atoms. The number of rotatable bonds is 5. The van der Waals surface area contributed by atoms with Gasteiger partial charge in [0.1, 0.15) is 0 Å². The molecule has 0 aromatic carbocycles. The van der Waals surface area contributed by atoms with Crippen molar-refractivity contribution in [3.8, 4) is 0 Å². The van der Waals surface area contributed by atoms with Crippen molar-refractivity contribution in [2.45, 2.75) is 33.1 Å². The molecule has 0 aliphatic heterocycles. The normalized spacial score (nSPS) is 17.4. The molecule has 5 heteroatoms. The standard InChI is InChI=1S/C12H22N2O3/c1-9(2)7-14(3)11(17)13-8-12(10(15)16)5-4-6-12/h9H,4-8H2,1-3H3,(H,13,17)(H,15,16). The molecular weight excluding hydrogens is 220 g/mol. The number of carbonyl (C=O) groups excluding carboxylic acids is 1. The third-order valence-corrected chi connectivity index (χ3v) is 3.33. The summed E-state index contributed by atoms with van der Waals surface area (Å²) in [4.78, 5) is 24.4. The lowest BCUT2D eigenvalue weighted by atomic mass is 9.69. The van der Waals surface area contributed by atoms with Crippen LogP contribution in [0.15, 0.2) is 0 Å². The quantitative estimate of drug-likeness (QED) is 0.768. The molecule has 5 nitrogen and oxygen atoms in total. The maximum absolute atomic E-state index is 11.7. The Morgan fingerprint density at radius 3 is 2.35 bits per heavy atom. The molecule has 1 aliphatic carbocycles. The van der Waals surface area contributed by atoms with E-state index in [4.69, 9.17) is 5.11 Å². The van der Waals surface area contributed by atoms with Crippen LogP contribution in [-0.2, 0) is 4.79 Å². The smallest absolute Gasteiger partial charge is 0.317 e. The molecule has 1 rings (SSSR count). The second-order valence-electron chi connectivity index (χ2n) is 5.37. The average Bonchev–Trinajstić information content (AvgIpc) is 2.13. The van der Waals surface area contributed by atoms with E-state index in [-0.39, 0.29) is 12.6 Å². The fraction of sp³-hybridized carbons (Fsp3) is 0.833. The van der Waals surface area contributed by atoms with Crippen LogP contribution in [0.3, 0.4) is 0 Å². The highest BCUT2D eigenvalue weighted by molar-refractivity contribution is 5.78. The van der Waals surface area contributed by atoms with Crippen molar-refractivity contribution in [2.75, 3.05) is 20.1 Å². The molecule has 2 amide bonds. The Labute approximate surface area is 102 Å². The number of carbonyl (C=O) groups is 2. The fourth-order valence-electron chi connectivity index (χ4n) is 2.08. The van der Waals surface area contributed by atoms with Crippen molar-refractivity contribution in [1.29, 1.82) is 0 Å². The van der Waals surface area contributed by atoms with Gasteiger partial charge in [0, 0.05) is 20.1 Å². The third kappa shape index (κ3) is 3.35. The lowest BCUT2D eigenvalue weighted by Gasteiger charge is -2.38. The molecular formula is C12H22N2O3. The van der Waals surface area contributed by atoms with Crippen molar-refractivity contribution in [3.05, 3.63) is 0 Å². The van der Waals surface area contributed by atoms with Crippen molar-refractivity contribution in [1.82, 2.24) is 10.2 Å². The van der Waals surface area contributed by atoms with Crippen LogP contribution in [-0.4, -0.2) is 42.1 Å². The van der Waals surface area contributed by atoms with E-state index in [0.717, 1.165) is 6.42 Å². The number of urea groups is 1. The highest BCUT2D eigenvalue weighted by Gasteiger charge is 2.44. The van der Waals surface area contributed by atoms with E-state index in [0.29, 0.717) is 25.3 Å². The summed E-state index contributed by atoms with van der Waals surface area (Å²) < 4.78 is 0. The first-order chi connectivity index (χ1) is 7.87. The molecule has 0 radical (unpaired) electrons. The second-order valence-corrected chi connectivity index (χ2v) is 5.37. The zero-order valence-electron chi connectivity index (χ0n) is 10.8. The highest BCUT2D eigenvalue weighted by Crippen LogP contribution is 2.40. The number of amides is 2. The predicted molar refractivity (Wildman–Crippen MR) is 64.8 cm³/mol. The van der Waals surface area contributed by atoms with Crippen molar-refractivity contribution in [2.24, 2.45) is 11.3 Å². The lowest BCUT2D eigenvalue weighted by Crippen LogP contribution is -2.50. The Kier molecular flexibility index (Phi) is 4.37. The summed E-state index contributed by atoms with van der Waals surface area (Å²) in [5.41, 5.74) is -0.714. The van der Waals surface area contributed by atoms with Gasteiger partial charge in [-0.2, -0.15) is 0 Å². The van der Waals surface area contributed by atoms with Gasteiger partial charge in [0.05, 0.1) is 5.41 Å². The van der Waals surface area contributed by atoms with Crippen LogP contribution in [0, 0.1) is 11.3 Å². The summed E-state index contributed by atoms with van der Waals surface area (Å²) in [6.07, 6.45) is 2.26. The first-order valence-electron chi connectivity index (χ1n) is 6.10. The van der Waals surface area contributed by atoms with Gasteiger partial charge in [0.15, 0.2) is 0 Å². The minimum atomic E-state index is -0.796. The van der Waals surface area contributed by atoms with E-state index in [1.807, 2.05) is 13.8 Å². The highest BCUT2D eigenvalue weighted by atomic mass is 16.4. The van der Waals surface area contributed by atoms with Crippen LogP contribution >= 0.6 is 0 Å². The van der Waals surface area contributed by atoms with E-state index < -0.39 is 11.4 Å². The molecule has 98 valence electrons. The van der Waals surface area contributed by atoms with Gasteiger partial charge in [-0.1, -0.05) is 20.3 Å². The molecule has 1 aliphatic rings. The molecule has 0 saturated heterocycles. The molecule has 0 atom stereocenters. The van der Waals surface area contributed by atoms with Crippen LogP contribution < -0.4 is 5.32 Å². The summed E-state index contributed by atoms with van der Waals surface area (Å²) in [7, 11) is 1.73. The number of nitrogens with zero attached hydrogens (tertiary/aromatic N) is 1. The number of aliphatic carboxylic acids is 1. The molecule has 2 N–H and O–H groups in total. The molecule has 17 heavy (non-hydrogen) atoms. The number of carboxylic acid groups (broad SMARTS) is 1. The Bertz CT molecular complexity index is 298. The van der Waals surface area contributed by atoms with Gasteiger partial charge in [0.25, 0.3) is 0 Å². The van der Waals surface area contributed by atoms with Crippen molar-refractivity contribution in [3.63, 3.8) is 0 Å². The molecule has 1 fully saturated rings. The Balaban J connectivity index is 2.39. The van der Waals surface area contributed by atoms with Gasteiger partial charge in [-0.15, -0.1) is 0 Å². The van der Waals surface area contributed by atoms with E-state index in [1.54, 1.807) is 11.9 Å². The Hall–Kier alpha value is -1.26. The van der Waals surface area contributed by atoms with Gasteiger partial charge in [-0.05, 0) is 18.8 Å². The van der Waals surface area contributed by atoms with Crippen LogP contribution in [0.25, 0.3) is 0 Å². The summed E-state index contributed by atoms with van der Waals surface area (Å²) in [5.74, 6) is -0.390. The van der Waals surface area contributed by atoms with Gasteiger partial charge in [-0.3, -0.25) is 4.79 Å². The van der Waals surface area contributed by atoms with Gasteiger partial charge < -0.3 is 15.3 Å². The predicted octanol–water partition coefficient (Wildman–Crippen LogP) is 1.54. The van der Waals surface area contributed by atoms with Crippen LogP contribution in [0.5, 0.6) is 0 Å². The Morgan fingerprint density at radius 2 is 2.00 bits per heavy atom. The molecule has 0 aromatic heterocycles. The second kappa shape index (κ2) is 5.38. The molecule has 0 heterocycles. The third-order valence-electron chi connectivity index (χ3n) is 3.33. The van der Waals surface area contributed by atoms with Gasteiger partial charge in [-0.25, -0.2) is 4.79 Å². The number of nitrogens with one attached hydrogen (secondary N) is 1. The minimum Gasteiger partial charge on any atom is -0.481 e. The summed E-state index contributed by atoms with van der Waals surface area (Å²) in [6.45, 7) is 4.98. The first-order valence-corrected chi connectivity index (χ1v) is 6.10. The topological polar surface area (TPSA) is 69.6 Å². The Morgan fingerprint density at radius 1 is 1.41 bits per heavy atom. The summed E-state index contributed by atoms with van der Waals surface area (Å²) in [6, 6.07) is -0.189. The SMILES string of the molecule is CC(C)CN(C)C(=O)NCC1(C(=O)O)CCC1. The number of carboxylic acids is 1. The molecule has 0 spiro atoms. The fourth-order valence-corrected chi connectivity index (χ4v) is 2.08. The number of hydrogen-bond acceptors (Lipinski definition) is 2.